The summed E-state index contributed by atoms with van der Waals surface area (Å²) in [4.78, 5) is 17.3. The number of hydrogen-bond acceptors (Lipinski definition) is 4. The summed E-state index contributed by atoms with van der Waals surface area (Å²) in [6.45, 7) is 1.95. The van der Waals surface area contributed by atoms with Crippen LogP contribution in [-0.4, -0.2) is 14.8 Å². The molecule has 0 bridgehead atoms. The Hall–Kier alpha value is -3.73. The Bertz CT molecular complexity index is 1350. The van der Waals surface area contributed by atoms with Gasteiger partial charge in [0.15, 0.2) is 5.65 Å². The lowest BCUT2D eigenvalue weighted by Crippen LogP contribution is -2.04. The summed E-state index contributed by atoms with van der Waals surface area (Å²) in [5.41, 5.74) is 3.70. The van der Waals surface area contributed by atoms with Crippen molar-refractivity contribution in [2.24, 2.45) is 0 Å². The monoisotopic (exact) mass is 353 g/mol. The van der Waals surface area contributed by atoms with Crippen LogP contribution >= 0.6 is 0 Å². The van der Waals surface area contributed by atoms with Crippen molar-refractivity contribution in [3.63, 3.8) is 0 Å². The fourth-order valence-corrected chi connectivity index (χ4v) is 3.28. The van der Waals surface area contributed by atoms with Crippen LogP contribution in [0.15, 0.2) is 82.0 Å². The highest BCUT2D eigenvalue weighted by Gasteiger charge is 2.14. The van der Waals surface area contributed by atoms with Crippen molar-refractivity contribution in [2.75, 3.05) is 0 Å². The van der Waals surface area contributed by atoms with Gasteiger partial charge < -0.3 is 4.42 Å². The molecule has 0 spiro atoms. The number of rotatable bonds is 2. The first-order valence-corrected chi connectivity index (χ1v) is 8.66. The minimum absolute atomic E-state index is 0.400. The fraction of sp³-hybridized carbons (Fsp3) is 0.0455. The van der Waals surface area contributed by atoms with Crippen LogP contribution in [0.1, 0.15) is 5.69 Å². The molecular formula is C22H15N3O2. The van der Waals surface area contributed by atoms with Crippen molar-refractivity contribution >= 4 is 22.0 Å². The second kappa shape index (κ2) is 5.92. The molecular weight excluding hydrogens is 338 g/mol. The maximum Gasteiger partial charge on any atom is 0.345 e. The zero-order chi connectivity index (χ0) is 18.4. The van der Waals surface area contributed by atoms with E-state index in [1.54, 1.807) is 10.7 Å². The number of nitrogens with zero attached hydrogens (tertiary/aromatic N) is 3. The normalized spacial score (nSPS) is 11.3. The third-order valence-electron chi connectivity index (χ3n) is 4.63. The van der Waals surface area contributed by atoms with Crippen molar-refractivity contribution in [2.45, 2.75) is 6.92 Å². The van der Waals surface area contributed by atoms with E-state index in [-0.39, 0.29) is 0 Å². The van der Waals surface area contributed by atoms with Crippen molar-refractivity contribution in [1.29, 1.82) is 0 Å². The Morgan fingerprint density at radius 3 is 2.56 bits per heavy atom. The predicted molar refractivity (Wildman–Crippen MR) is 105 cm³/mol. The van der Waals surface area contributed by atoms with Crippen LogP contribution in [0.4, 0.5) is 0 Å². The minimum atomic E-state index is -0.400. The molecule has 2 aromatic carbocycles. The van der Waals surface area contributed by atoms with Gasteiger partial charge in [0.25, 0.3) is 0 Å². The Balaban J connectivity index is 1.76. The Morgan fingerprint density at radius 1 is 0.926 bits per heavy atom. The molecule has 0 aliphatic heterocycles. The highest BCUT2D eigenvalue weighted by molar-refractivity contribution is 5.85. The summed E-state index contributed by atoms with van der Waals surface area (Å²) >= 11 is 0. The second-order valence-corrected chi connectivity index (χ2v) is 6.39. The number of aryl methyl sites for hydroxylation is 1. The van der Waals surface area contributed by atoms with E-state index in [1.807, 2.05) is 73.7 Å². The van der Waals surface area contributed by atoms with E-state index in [1.165, 1.54) is 0 Å². The molecule has 0 N–H and O–H groups in total. The summed E-state index contributed by atoms with van der Waals surface area (Å²) in [6.07, 6.45) is 0. The van der Waals surface area contributed by atoms with Crippen molar-refractivity contribution in [3.8, 4) is 16.9 Å². The Labute approximate surface area is 154 Å². The van der Waals surface area contributed by atoms with Crippen LogP contribution in [0.2, 0.25) is 0 Å². The third kappa shape index (κ3) is 2.52. The molecule has 0 saturated heterocycles. The first-order valence-electron chi connectivity index (χ1n) is 8.66. The Kier molecular flexibility index (Phi) is 3.40. The van der Waals surface area contributed by atoms with Gasteiger partial charge in [-0.2, -0.15) is 5.10 Å². The largest absolute Gasteiger partial charge is 0.422 e. The van der Waals surface area contributed by atoms with E-state index in [0.717, 1.165) is 22.2 Å². The molecule has 0 atom stereocenters. The van der Waals surface area contributed by atoms with Crippen molar-refractivity contribution < 1.29 is 4.42 Å². The molecule has 5 aromatic rings. The van der Waals surface area contributed by atoms with Gasteiger partial charge in [0, 0.05) is 10.8 Å². The molecule has 27 heavy (non-hydrogen) atoms. The minimum Gasteiger partial charge on any atom is -0.422 e. The molecule has 5 rings (SSSR count). The lowest BCUT2D eigenvalue weighted by Gasteiger charge is -2.05. The first kappa shape index (κ1) is 15.5. The summed E-state index contributed by atoms with van der Waals surface area (Å²) < 4.78 is 7.26. The topological polar surface area (TPSA) is 60.9 Å². The molecule has 0 saturated carbocycles. The first-order chi connectivity index (χ1) is 13.2. The molecule has 3 aromatic heterocycles. The van der Waals surface area contributed by atoms with Gasteiger partial charge in [-0.3, -0.25) is 0 Å². The second-order valence-electron chi connectivity index (χ2n) is 6.39. The van der Waals surface area contributed by atoms with Gasteiger partial charge >= 0.3 is 5.63 Å². The van der Waals surface area contributed by atoms with Gasteiger partial charge in [-0.1, -0.05) is 36.4 Å². The van der Waals surface area contributed by atoms with E-state index in [9.17, 15) is 4.79 Å². The van der Waals surface area contributed by atoms with Crippen molar-refractivity contribution in [3.05, 3.63) is 88.9 Å². The highest BCUT2D eigenvalue weighted by Crippen LogP contribution is 2.25. The quantitative estimate of drug-likeness (QED) is 0.438. The van der Waals surface area contributed by atoms with Crippen LogP contribution in [0, 0.1) is 6.92 Å². The highest BCUT2D eigenvalue weighted by atomic mass is 16.4. The van der Waals surface area contributed by atoms with Gasteiger partial charge in [0.05, 0.1) is 22.6 Å². The van der Waals surface area contributed by atoms with Gasteiger partial charge in [0.2, 0.25) is 0 Å². The molecule has 3 heterocycles. The van der Waals surface area contributed by atoms with E-state index < -0.39 is 5.63 Å². The zero-order valence-corrected chi connectivity index (χ0v) is 14.6. The fourth-order valence-electron chi connectivity index (χ4n) is 3.28. The molecule has 0 aliphatic carbocycles. The summed E-state index contributed by atoms with van der Waals surface area (Å²) in [5, 5.41) is 6.43. The number of aromatic nitrogens is 3. The maximum absolute atomic E-state index is 12.5. The molecule has 5 heteroatoms. The van der Waals surface area contributed by atoms with E-state index in [4.69, 9.17) is 9.40 Å². The van der Waals surface area contributed by atoms with Gasteiger partial charge in [-0.25, -0.2) is 14.5 Å². The van der Waals surface area contributed by atoms with Gasteiger partial charge in [-0.15, -0.1) is 0 Å². The standard InChI is InChI=1S/C22H15N3O2/c1-14-17-11-12-19(18-13-15-7-5-6-10-20(15)27-22(18)26)23-21(17)25(24-14)16-8-3-2-4-9-16/h2-13H,1H3. The van der Waals surface area contributed by atoms with Crippen LogP contribution in [0.5, 0.6) is 0 Å². The SMILES string of the molecule is Cc1nn(-c2ccccc2)c2nc(-c3cc4ccccc4oc3=O)ccc12. The summed E-state index contributed by atoms with van der Waals surface area (Å²) in [7, 11) is 0. The molecule has 130 valence electrons. The predicted octanol–water partition coefficient (Wildman–Crippen LogP) is 4.50. The molecule has 0 radical (unpaired) electrons. The molecule has 0 unspecified atom stereocenters. The van der Waals surface area contributed by atoms with Crippen LogP contribution in [0.25, 0.3) is 38.9 Å². The number of benzene rings is 2. The Morgan fingerprint density at radius 2 is 1.70 bits per heavy atom. The molecule has 0 aliphatic rings. The van der Waals surface area contributed by atoms with E-state index >= 15 is 0 Å². The van der Waals surface area contributed by atoms with E-state index in [0.29, 0.717) is 22.5 Å². The maximum atomic E-state index is 12.5. The number of fused-ring (bicyclic) bond motifs is 2. The lowest BCUT2D eigenvalue weighted by atomic mass is 10.1. The molecule has 0 amide bonds. The van der Waals surface area contributed by atoms with Crippen LogP contribution in [-0.2, 0) is 0 Å². The van der Waals surface area contributed by atoms with Crippen molar-refractivity contribution in [1.82, 2.24) is 14.8 Å². The number of hydrogen-bond donors (Lipinski definition) is 0. The molecule has 5 nitrogen and oxygen atoms in total. The zero-order valence-electron chi connectivity index (χ0n) is 14.6. The third-order valence-corrected chi connectivity index (χ3v) is 4.63. The summed E-state index contributed by atoms with van der Waals surface area (Å²) in [5.74, 6) is 0. The van der Waals surface area contributed by atoms with Crippen LogP contribution in [0.3, 0.4) is 0 Å². The average molecular weight is 353 g/mol. The lowest BCUT2D eigenvalue weighted by molar-refractivity contribution is 0.563. The summed E-state index contributed by atoms with van der Waals surface area (Å²) in [6, 6.07) is 22.9. The van der Waals surface area contributed by atoms with Crippen LogP contribution < -0.4 is 5.63 Å². The van der Waals surface area contributed by atoms with Gasteiger partial charge in [-0.05, 0) is 43.3 Å². The van der Waals surface area contributed by atoms with E-state index in [2.05, 4.69) is 5.10 Å². The average Bonchev–Trinajstić information content (AvgIpc) is 3.04. The molecule has 0 fully saturated rings. The number of para-hydroxylation sites is 2. The smallest absolute Gasteiger partial charge is 0.345 e. The van der Waals surface area contributed by atoms with Gasteiger partial charge in [0.1, 0.15) is 5.58 Å². The number of pyridine rings is 1.